The number of ether oxygens (including phenoxy) is 2. The SMILES string of the molecule is CC1C2CCCC2OC1C1CO1. The van der Waals surface area contributed by atoms with Gasteiger partial charge in [0.2, 0.25) is 0 Å². The third-order valence-electron chi connectivity index (χ3n) is 3.75. The van der Waals surface area contributed by atoms with E-state index < -0.39 is 0 Å². The van der Waals surface area contributed by atoms with Crippen molar-refractivity contribution in [2.24, 2.45) is 11.8 Å². The van der Waals surface area contributed by atoms with Gasteiger partial charge >= 0.3 is 0 Å². The zero-order valence-electron chi connectivity index (χ0n) is 7.53. The lowest BCUT2D eigenvalue weighted by molar-refractivity contribution is 0.0174. The molecule has 5 unspecified atom stereocenters. The molecule has 1 saturated carbocycles. The number of fused-ring (bicyclic) bond motifs is 1. The summed E-state index contributed by atoms with van der Waals surface area (Å²) >= 11 is 0. The van der Waals surface area contributed by atoms with Gasteiger partial charge < -0.3 is 9.47 Å². The third-order valence-corrected chi connectivity index (χ3v) is 3.75. The molecule has 68 valence electrons. The summed E-state index contributed by atoms with van der Waals surface area (Å²) in [6.07, 6.45) is 5.51. The zero-order chi connectivity index (χ0) is 8.13. The first-order valence-corrected chi connectivity index (χ1v) is 5.13. The maximum atomic E-state index is 6.00. The highest BCUT2D eigenvalue weighted by Gasteiger charge is 2.50. The molecule has 0 N–H and O–H groups in total. The largest absolute Gasteiger partial charge is 0.372 e. The van der Waals surface area contributed by atoms with Crippen molar-refractivity contribution in [1.29, 1.82) is 0 Å². The molecule has 12 heavy (non-hydrogen) atoms. The Hall–Kier alpha value is -0.0800. The monoisotopic (exact) mass is 168 g/mol. The van der Waals surface area contributed by atoms with Gasteiger partial charge in [0.15, 0.2) is 0 Å². The van der Waals surface area contributed by atoms with E-state index >= 15 is 0 Å². The van der Waals surface area contributed by atoms with E-state index in [4.69, 9.17) is 9.47 Å². The lowest BCUT2D eigenvalue weighted by Crippen LogP contribution is -2.22. The van der Waals surface area contributed by atoms with Crippen molar-refractivity contribution in [3.63, 3.8) is 0 Å². The average Bonchev–Trinajstić information content (AvgIpc) is 2.71. The predicted molar refractivity (Wildman–Crippen MR) is 44.9 cm³/mol. The summed E-state index contributed by atoms with van der Waals surface area (Å²) in [7, 11) is 0. The smallest absolute Gasteiger partial charge is 0.107 e. The van der Waals surface area contributed by atoms with Gasteiger partial charge in [-0.25, -0.2) is 0 Å². The average molecular weight is 168 g/mol. The first-order valence-electron chi connectivity index (χ1n) is 5.13. The molecular weight excluding hydrogens is 152 g/mol. The quantitative estimate of drug-likeness (QED) is 0.554. The number of hydrogen-bond donors (Lipinski definition) is 0. The third kappa shape index (κ3) is 0.944. The summed E-state index contributed by atoms with van der Waals surface area (Å²) in [4.78, 5) is 0. The second-order valence-electron chi connectivity index (χ2n) is 4.46. The fraction of sp³-hybridized carbons (Fsp3) is 1.00. The molecule has 1 aliphatic carbocycles. The Morgan fingerprint density at radius 2 is 2.00 bits per heavy atom. The topological polar surface area (TPSA) is 21.8 Å². The van der Waals surface area contributed by atoms with Crippen LogP contribution < -0.4 is 0 Å². The van der Waals surface area contributed by atoms with Crippen LogP contribution in [-0.2, 0) is 9.47 Å². The van der Waals surface area contributed by atoms with Gasteiger partial charge in [0, 0.05) is 0 Å². The molecule has 0 spiro atoms. The molecule has 2 saturated heterocycles. The van der Waals surface area contributed by atoms with Crippen LogP contribution >= 0.6 is 0 Å². The lowest BCUT2D eigenvalue weighted by atomic mass is 9.89. The van der Waals surface area contributed by atoms with Crippen molar-refractivity contribution < 1.29 is 9.47 Å². The summed E-state index contributed by atoms with van der Waals surface area (Å²) < 4.78 is 11.3. The minimum atomic E-state index is 0.431. The Labute approximate surface area is 73.2 Å². The van der Waals surface area contributed by atoms with Crippen molar-refractivity contribution in [2.45, 2.75) is 44.5 Å². The molecule has 0 bridgehead atoms. The maximum Gasteiger partial charge on any atom is 0.107 e. The molecular formula is C10H16O2. The van der Waals surface area contributed by atoms with Crippen LogP contribution in [0.3, 0.4) is 0 Å². The van der Waals surface area contributed by atoms with E-state index in [9.17, 15) is 0 Å². The summed E-state index contributed by atoms with van der Waals surface area (Å²) in [6, 6.07) is 0. The van der Waals surface area contributed by atoms with Gasteiger partial charge in [-0.1, -0.05) is 13.3 Å². The van der Waals surface area contributed by atoms with E-state index in [1.807, 2.05) is 0 Å². The molecule has 0 aromatic heterocycles. The van der Waals surface area contributed by atoms with Gasteiger partial charge in [-0.3, -0.25) is 0 Å². The summed E-state index contributed by atoms with van der Waals surface area (Å²) in [5.74, 6) is 1.59. The summed E-state index contributed by atoms with van der Waals surface area (Å²) in [5.41, 5.74) is 0. The first kappa shape index (κ1) is 7.34. The Kier molecular flexibility index (Phi) is 1.50. The van der Waals surface area contributed by atoms with Crippen LogP contribution in [0.1, 0.15) is 26.2 Å². The Morgan fingerprint density at radius 1 is 1.17 bits per heavy atom. The number of epoxide rings is 1. The first-order chi connectivity index (χ1) is 5.86. The second-order valence-corrected chi connectivity index (χ2v) is 4.46. The van der Waals surface area contributed by atoms with Gasteiger partial charge in [-0.05, 0) is 24.7 Å². The highest BCUT2D eigenvalue weighted by Crippen LogP contribution is 2.45. The molecule has 0 aromatic rings. The molecule has 3 fully saturated rings. The normalized spacial score (nSPS) is 57.2. The Bertz CT molecular complexity index is 188. The van der Waals surface area contributed by atoms with E-state index in [-0.39, 0.29) is 0 Å². The molecule has 5 atom stereocenters. The van der Waals surface area contributed by atoms with E-state index in [0.29, 0.717) is 18.3 Å². The Morgan fingerprint density at radius 3 is 2.67 bits per heavy atom. The van der Waals surface area contributed by atoms with E-state index in [0.717, 1.165) is 18.4 Å². The molecule has 0 amide bonds. The molecule has 2 heteroatoms. The minimum absolute atomic E-state index is 0.431. The lowest BCUT2D eigenvalue weighted by Gasteiger charge is -2.14. The van der Waals surface area contributed by atoms with E-state index in [2.05, 4.69) is 6.92 Å². The van der Waals surface area contributed by atoms with Crippen LogP contribution in [0.25, 0.3) is 0 Å². The van der Waals surface area contributed by atoms with Crippen molar-refractivity contribution in [3.05, 3.63) is 0 Å². The van der Waals surface area contributed by atoms with Gasteiger partial charge in [-0.15, -0.1) is 0 Å². The van der Waals surface area contributed by atoms with E-state index in [1.165, 1.54) is 19.3 Å². The fourth-order valence-corrected chi connectivity index (χ4v) is 2.97. The molecule has 3 aliphatic rings. The molecule has 3 rings (SSSR count). The van der Waals surface area contributed by atoms with Crippen LogP contribution in [0, 0.1) is 11.8 Å². The van der Waals surface area contributed by atoms with Gasteiger partial charge in [0.1, 0.15) is 6.10 Å². The van der Waals surface area contributed by atoms with Crippen molar-refractivity contribution >= 4 is 0 Å². The van der Waals surface area contributed by atoms with Crippen molar-refractivity contribution in [2.75, 3.05) is 6.61 Å². The van der Waals surface area contributed by atoms with E-state index in [1.54, 1.807) is 0 Å². The van der Waals surface area contributed by atoms with Crippen LogP contribution in [0.4, 0.5) is 0 Å². The Balaban J connectivity index is 1.75. The summed E-state index contributed by atoms with van der Waals surface area (Å²) in [5, 5.41) is 0. The standard InChI is InChI=1S/C10H16O2/c1-6-7-3-2-4-8(7)12-10(6)9-5-11-9/h6-10H,2-5H2,1H3. The molecule has 2 nitrogen and oxygen atoms in total. The van der Waals surface area contributed by atoms with Crippen LogP contribution in [0.2, 0.25) is 0 Å². The van der Waals surface area contributed by atoms with Gasteiger partial charge in [0.05, 0.1) is 18.8 Å². The second kappa shape index (κ2) is 2.46. The van der Waals surface area contributed by atoms with Crippen LogP contribution in [0.15, 0.2) is 0 Å². The molecule has 2 heterocycles. The molecule has 0 aromatic carbocycles. The highest BCUT2D eigenvalue weighted by atomic mass is 16.6. The number of rotatable bonds is 1. The molecule has 2 aliphatic heterocycles. The predicted octanol–water partition coefficient (Wildman–Crippen LogP) is 1.59. The van der Waals surface area contributed by atoms with Crippen LogP contribution in [0.5, 0.6) is 0 Å². The van der Waals surface area contributed by atoms with Crippen molar-refractivity contribution in [3.8, 4) is 0 Å². The fourth-order valence-electron chi connectivity index (χ4n) is 2.97. The zero-order valence-corrected chi connectivity index (χ0v) is 7.53. The minimum Gasteiger partial charge on any atom is -0.372 e. The summed E-state index contributed by atoms with van der Waals surface area (Å²) in [6.45, 7) is 3.27. The number of hydrogen-bond acceptors (Lipinski definition) is 2. The highest BCUT2D eigenvalue weighted by molar-refractivity contribution is 4.97. The van der Waals surface area contributed by atoms with Gasteiger partial charge in [0.25, 0.3) is 0 Å². The maximum absolute atomic E-state index is 6.00. The molecule has 0 radical (unpaired) electrons. The van der Waals surface area contributed by atoms with Crippen molar-refractivity contribution in [1.82, 2.24) is 0 Å². The van der Waals surface area contributed by atoms with Crippen LogP contribution in [-0.4, -0.2) is 24.9 Å². The van der Waals surface area contributed by atoms with Gasteiger partial charge in [-0.2, -0.15) is 0 Å².